The van der Waals surface area contributed by atoms with Crippen LogP contribution in [0.3, 0.4) is 0 Å². The minimum Gasteiger partial charge on any atom is -0.503 e. The van der Waals surface area contributed by atoms with E-state index in [4.69, 9.17) is 13.9 Å². The smallest absolute Gasteiger partial charge is 0.290 e. The summed E-state index contributed by atoms with van der Waals surface area (Å²) < 4.78 is 16.8. The van der Waals surface area contributed by atoms with E-state index in [1.54, 1.807) is 30.3 Å². The van der Waals surface area contributed by atoms with Crippen LogP contribution in [0.15, 0.2) is 94.6 Å². The predicted octanol–water partition coefficient (Wildman–Crippen LogP) is 5.66. The highest BCUT2D eigenvalue weighted by Gasteiger charge is 2.44. The number of aliphatic hydroxyl groups excluding tert-OH is 1. The van der Waals surface area contributed by atoms with Crippen LogP contribution in [0.1, 0.15) is 34.6 Å². The van der Waals surface area contributed by atoms with Crippen LogP contribution in [0.25, 0.3) is 11.0 Å². The Balaban J connectivity index is 1.54. The molecule has 1 atom stereocenters. The number of benzene rings is 3. The molecule has 0 saturated heterocycles. The number of aliphatic hydroxyl groups is 1. The number of nitrogens with zero attached hydrogens (tertiary/aromatic N) is 1. The van der Waals surface area contributed by atoms with Crippen molar-refractivity contribution in [1.82, 2.24) is 4.90 Å². The summed E-state index contributed by atoms with van der Waals surface area (Å²) in [6, 6.07) is 23.1. The van der Waals surface area contributed by atoms with Crippen LogP contribution in [-0.2, 0) is 11.2 Å². The summed E-state index contributed by atoms with van der Waals surface area (Å²) in [5, 5.41) is 11.7. The maximum Gasteiger partial charge on any atom is 0.290 e. The molecule has 1 aromatic heterocycles. The molecule has 0 aliphatic carbocycles. The molecule has 3 aromatic carbocycles. The Hall–Kier alpha value is -4.52. The average molecular weight is 498 g/mol. The molecule has 1 N–H and O–H groups in total. The van der Waals surface area contributed by atoms with Crippen LogP contribution in [0, 0.1) is 0 Å². The van der Waals surface area contributed by atoms with Crippen molar-refractivity contribution in [3.63, 3.8) is 0 Å². The summed E-state index contributed by atoms with van der Waals surface area (Å²) in [6.07, 6.45) is 0.566. The average Bonchev–Trinajstić information content (AvgIpc) is 3.47. The third-order valence-electron chi connectivity index (χ3n) is 6.49. The van der Waals surface area contributed by atoms with Gasteiger partial charge in [-0.05, 0) is 48.7 Å². The number of carbonyl (C=O) groups excluding carboxylic acids is 2. The molecule has 4 aromatic rings. The van der Waals surface area contributed by atoms with E-state index in [0.717, 1.165) is 5.56 Å². The molecule has 0 bridgehead atoms. The maximum atomic E-state index is 13.8. The lowest BCUT2D eigenvalue weighted by Crippen LogP contribution is -2.33. The van der Waals surface area contributed by atoms with E-state index in [1.165, 1.54) is 12.0 Å². The second kappa shape index (κ2) is 10.2. The SMILES string of the molecule is CCOc1ccc(C2C(C(=O)c3cc4cccc(OC)c4o3)=C(O)C(=O)N2CCc2ccccc2)cc1. The number of hydrogen-bond acceptors (Lipinski definition) is 6. The van der Waals surface area contributed by atoms with Crippen molar-refractivity contribution < 1.29 is 28.6 Å². The fourth-order valence-electron chi connectivity index (χ4n) is 4.71. The van der Waals surface area contributed by atoms with Gasteiger partial charge in [-0.1, -0.05) is 54.6 Å². The number of ketones is 1. The Kier molecular flexibility index (Phi) is 6.68. The van der Waals surface area contributed by atoms with Gasteiger partial charge in [-0.15, -0.1) is 0 Å². The van der Waals surface area contributed by atoms with E-state index in [1.807, 2.05) is 55.5 Å². The van der Waals surface area contributed by atoms with E-state index in [0.29, 0.717) is 47.6 Å². The fourth-order valence-corrected chi connectivity index (χ4v) is 4.71. The number of ether oxygens (including phenoxy) is 2. The normalized spacial score (nSPS) is 15.5. The largest absolute Gasteiger partial charge is 0.503 e. The first-order chi connectivity index (χ1) is 18.0. The molecule has 7 heteroatoms. The summed E-state index contributed by atoms with van der Waals surface area (Å²) in [5.74, 6) is -0.516. The van der Waals surface area contributed by atoms with Gasteiger partial charge in [0.2, 0.25) is 5.78 Å². The fraction of sp³-hybridized carbons (Fsp3) is 0.200. The zero-order valence-electron chi connectivity index (χ0n) is 20.6. The molecule has 0 radical (unpaired) electrons. The summed E-state index contributed by atoms with van der Waals surface area (Å²) in [7, 11) is 1.52. The quantitative estimate of drug-likeness (QED) is 0.300. The van der Waals surface area contributed by atoms with Gasteiger partial charge >= 0.3 is 0 Å². The topological polar surface area (TPSA) is 89.2 Å². The first kappa shape index (κ1) is 24.2. The Morgan fingerprint density at radius 1 is 1.03 bits per heavy atom. The van der Waals surface area contributed by atoms with Gasteiger partial charge in [0.05, 0.1) is 25.3 Å². The number of para-hydroxylation sites is 1. The first-order valence-corrected chi connectivity index (χ1v) is 12.1. The highest BCUT2D eigenvalue weighted by molar-refractivity contribution is 6.16. The minimum absolute atomic E-state index is 0.0137. The summed E-state index contributed by atoms with van der Waals surface area (Å²) in [4.78, 5) is 28.6. The second-order valence-electron chi connectivity index (χ2n) is 8.72. The zero-order valence-corrected chi connectivity index (χ0v) is 20.6. The first-order valence-electron chi connectivity index (χ1n) is 12.1. The molecule has 0 saturated carbocycles. The van der Waals surface area contributed by atoms with Gasteiger partial charge in [0, 0.05) is 11.9 Å². The molecule has 7 nitrogen and oxygen atoms in total. The van der Waals surface area contributed by atoms with Crippen LogP contribution in [0.2, 0.25) is 0 Å². The molecule has 5 rings (SSSR count). The van der Waals surface area contributed by atoms with Gasteiger partial charge in [0.25, 0.3) is 5.91 Å². The molecule has 0 fully saturated rings. The molecule has 1 amide bonds. The van der Waals surface area contributed by atoms with Gasteiger partial charge in [-0.3, -0.25) is 9.59 Å². The Morgan fingerprint density at radius 3 is 2.49 bits per heavy atom. The number of hydrogen-bond donors (Lipinski definition) is 1. The van der Waals surface area contributed by atoms with Crippen molar-refractivity contribution in [2.45, 2.75) is 19.4 Å². The predicted molar refractivity (Wildman–Crippen MR) is 139 cm³/mol. The highest BCUT2D eigenvalue weighted by Crippen LogP contribution is 2.40. The highest BCUT2D eigenvalue weighted by atomic mass is 16.5. The van der Waals surface area contributed by atoms with E-state index < -0.39 is 23.5 Å². The van der Waals surface area contributed by atoms with Gasteiger partial charge in [-0.25, -0.2) is 0 Å². The maximum absolute atomic E-state index is 13.8. The van der Waals surface area contributed by atoms with Crippen molar-refractivity contribution in [2.24, 2.45) is 0 Å². The summed E-state index contributed by atoms with van der Waals surface area (Å²) in [5.41, 5.74) is 2.15. The van der Waals surface area contributed by atoms with Gasteiger partial charge in [-0.2, -0.15) is 0 Å². The third kappa shape index (κ3) is 4.56. The standard InChI is InChI=1S/C30H27NO6/c1-3-36-22-14-12-20(13-15-22)26-25(27(32)24-18-21-10-7-11-23(35-2)29(21)37-24)28(33)30(34)31(26)17-16-19-8-5-4-6-9-19/h4-15,18,26,33H,3,16-17H2,1-2H3. The number of fused-ring (bicyclic) bond motifs is 1. The van der Waals surface area contributed by atoms with Crippen LogP contribution in [0.5, 0.6) is 11.5 Å². The van der Waals surface area contributed by atoms with Crippen molar-refractivity contribution >= 4 is 22.7 Å². The van der Waals surface area contributed by atoms with Crippen molar-refractivity contribution in [1.29, 1.82) is 0 Å². The molecule has 0 spiro atoms. The molecular formula is C30H27NO6. The van der Waals surface area contributed by atoms with E-state index in [9.17, 15) is 14.7 Å². The Bertz CT molecular complexity index is 1470. The van der Waals surface area contributed by atoms with E-state index in [2.05, 4.69) is 0 Å². The van der Waals surface area contributed by atoms with Crippen LogP contribution >= 0.6 is 0 Å². The van der Waals surface area contributed by atoms with Crippen LogP contribution < -0.4 is 9.47 Å². The molecule has 1 aliphatic heterocycles. The molecule has 188 valence electrons. The number of rotatable bonds is 9. The lowest BCUT2D eigenvalue weighted by molar-refractivity contribution is -0.129. The lowest BCUT2D eigenvalue weighted by atomic mass is 9.94. The number of methoxy groups -OCH3 is 1. The zero-order chi connectivity index (χ0) is 25.9. The molecule has 2 heterocycles. The molecule has 1 aliphatic rings. The second-order valence-corrected chi connectivity index (χ2v) is 8.72. The van der Waals surface area contributed by atoms with Gasteiger partial charge in [0.1, 0.15) is 5.75 Å². The van der Waals surface area contributed by atoms with E-state index >= 15 is 0 Å². The Labute approximate surface area is 214 Å². The van der Waals surface area contributed by atoms with Gasteiger partial charge in [0.15, 0.2) is 22.9 Å². The number of carbonyl (C=O) groups is 2. The molecular weight excluding hydrogens is 470 g/mol. The molecule has 37 heavy (non-hydrogen) atoms. The van der Waals surface area contributed by atoms with Crippen LogP contribution in [-0.4, -0.2) is 42.0 Å². The number of furan rings is 1. The van der Waals surface area contributed by atoms with Crippen LogP contribution in [0.4, 0.5) is 0 Å². The minimum atomic E-state index is -0.783. The monoisotopic (exact) mass is 497 g/mol. The van der Waals surface area contributed by atoms with E-state index in [-0.39, 0.29) is 11.3 Å². The molecule has 1 unspecified atom stereocenters. The lowest BCUT2D eigenvalue weighted by Gasteiger charge is -2.27. The summed E-state index contributed by atoms with van der Waals surface area (Å²) >= 11 is 0. The van der Waals surface area contributed by atoms with Crippen molar-refractivity contribution in [3.8, 4) is 11.5 Å². The number of amides is 1. The van der Waals surface area contributed by atoms with Crippen molar-refractivity contribution in [3.05, 3.63) is 107 Å². The van der Waals surface area contributed by atoms with Gasteiger partial charge < -0.3 is 23.9 Å². The summed E-state index contributed by atoms with van der Waals surface area (Å²) in [6.45, 7) is 2.73. The van der Waals surface area contributed by atoms with Crippen molar-refractivity contribution in [2.75, 3.05) is 20.3 Å². The Morgan fingerprint density at radius 2 is 1.78 bits per heavy atom. The number of Topliss-reactive ketones (excluding diaryl/α,β-unsaturated/α-hetero) is 1. The third-order valence-corrected chi connectivity index (χ3v) is 6.49.